The lowest BCUT2D eigenvalue weighted by Gasteiger charge is -2.20. The number of nitrogens with zero attached hydrogens (tertiary/aromatic N) is 1. The minimum absolute atomic E-state index is 0.0290. The molecule has 0 bridgehead atoms. The van der Waals surface area contributed by atoms with E-state index in [-0.39, 0.29) is 11.8 Å². The van der Waals surface area contributed by atoms with E-state index in [4.69, 9.17) is 5.73 Å². The van der Waals surface area contributed by atoms with Crippen LogP contribution in [0, 0.1) is 5.92 Å². The summed E-state index contributed by atoms with van der Waals surface area (Å²) in [5.41, 5.74) is 6.50. The topological polar surface area (TPSA) is 46.3 Å². The number of anilines is 1. The van der Waals surface area contributed by atoms with Crippen molar-refractivity contribution in [2.75, 3.05) is 18.5 Å². The standard InChI is InChI=1S/C14H18N2OS/c1-10(7-8-15)14(17)16(2)12-9-18-13-6-4-3-5-11(12)13/h3-6,9-10H,7-8,15H2,1-2H3. The Morgan fingerprint density at radius 1 is 1.44 bits per heavy atom. The maximum Gasteiger partial charge on any atom is 0.229 e. The van der Waals surface area contributed by atoms with Gasteiger partial charge in [-0.05, 0) is 19.0 Å². The second kappa shape index (κ2) is 5.50. The van der Waals surface area contributed by atoms with Gasteiger partial charge in [0.1, 0.15) is 0 Å². The van der Waals surface area contributed by atoms with Crippen molar-refractivity contribution in [3.63, 3.8) is 0 Å². The predicted molar refractivity (Wildman–Crippen MR) is 78.1 cm³/mol. The van der Waals surface area contributed by atoms with Crippen LogP contribution in [0.15, 0.2) is 29.6 Å². The molecule has 4 heteroatoms. The van der Waals surface area contributed by atoms with Gasteiger partial charge in [0.25, 0.3) is 0 Å². The van der Waals surface area contributed by atoms with Crippen molar-refractivity contribution in [3.8, 4) is 0 Å². The molecule has 3 nitrogen and oxygen atoms in total. The first-order valence-electron chi connectivity index (χ1n) is 6.09. The van der Waals surface area contributed by atoms with Crippen molar-refractivity contribution < 1.29 is 4.79 Å². The highest BCUT2D eigenvalue weighted by molar-refractivity contribution is 7.17. The van der Waals surface area contributed by atoms with E-state index in [0.29, 0.717) is 6.54 Å². The summed E-state index contributed by atoms with van der Waals surface area (Å²) >= 11 is 1.67. The molecule has 0 aliphatic rings. The molecule has 2 rings (SSSR count). The third kappa shape index (κ3) is 2.40. The minimum atomic E-state index is -0.0290. The maximum atomic E-state index is 12.3. The first-order valence-corrected chi connectivity index (χ1v) is 6.97. The molecule has 0 saturated carbocycles. The van der Waals surface area contributed by atoms with Crippen molar-refractivity contribution in [2.24, 2.45) is 11.7 Å². The molecular formula is C14H18N2OS. The molecule has 0 saturated heterocycles. The monoisotopic (exact) mass is 262 g/mol. The molecule has 18 heavy (non-hydrogen) atoms. The summed E-state index contributed by atoms with van der Waals surface area (Å²) in [7, 11) is 1.84. The van der Waals surface area contributed by atoms with E-state index in [2.05, 4.69) is 12.1 Å². The zero-order valence-corrected chi connectivity index (χ0v) is 11.5. The van der Waals surface area contributed by atoms with Crippen molar-refractivity contribution in [1.82, 2.24) is 0 Å². The Bertz CT molecular complexity index is 549. The summed E-state index contributed by atoms with van der Waals surface area (Å²) in [6.45, 7) is 2.48. The van der Waals surface area contributed by atoms with Crippen molar-refractivity contribution in [1.29, 1.82) is 0 Å². The van der Waals surface area contributed by atoms with Crippen molar-refractivity contribution in [2.45, 2.75) is 13.3 Å². The van der Waals surface area contributed by atoms with Crippen molar-refractivity contribution in [3.05, 3.63) is 29.6 Å². The Hall–Kier alpha value is -1.39. The Balaban J connectivity index is 2.28. The molecule has 1 unspecified atom stereocenters. The molecule has 1 heterocycles. The SMILES string of the molecule is CC(CCN)C(=O)N(C)c1csc2ccccc12. The van der Waals surface area contributed by atoms with E-state index < -0.39 is 0 Å². The molecule has 0 spiro atoms. The normalized spacial score (nSPS) is 12.6. The van der Waals surface area contributed by atoms with Crippen molar-refractivity contribution >= 4 is 33.0 Å². The number of fused-ring (bicyclic) bond motifs is 1. The van der Waals surface area contributed by atoms with Crippen LogP contribution in [0.3, 0.4) is 0 Å². The smallest absolute Gasteiger partial charge is 0.229 e. The van der Waals surface area contributed by atoms with Crippen LogP contribution in [0.25, 0.3) is 10.1 Å². The van der Waals surface area contributed by atoms with Crippen LogP contribution in [0.1, 0.15) is 13.3 Å². The Morgan fingerprint density at radius 3 is 2.89 bits per heavy atom. The van der Waals surface area contributed by atoms with Crippen LogP contribution in [0.5, 0.6) is 0 Å². The highest BCUT2D eigenvalue weighted by Gasteiger charge is 2.20. The van der Waals surface area contributed by atoms with Gasteiger partial charge >= 0.3 is 0 Å². The molecule has 2 aromatic rings. The van der Waals surface area contributed by atoms with E-state index in [1.807, 2.05) is 31.5 Å². The summed E-state index contributed by atoms with van der Waals surface area (Å²) in [4.78, 5) is 14.0. The second-order valence-corrected chi connectivity index (χ2v) is 5.40. The van der Waals surface area contributed by atoms with E-state index in [1.54, 1.807) is 16.2 Å². The Labute approximate surface area is 111 Å². The lowest BCUT2D eigenvalue weighted by molar-refractivity contribution is -0.121. The predicted octanol–water partition coefficient (Wildman–Crippen LogP) is 2.85. The van der Waals surface area contributed by atoms with Gasteiger partial charge in [-0.25, -0.2) is 0 Å². The van der Waals surface area contributed by atoms with Gasteiger partial charge in [0.05, 0.1) is 5.69 Å². The van der Waals surface area contributed by atoms with Gasteiger partial charge in [-0.3, -0.25) is 4.79 Å². The zero-order chi connectivity index (χ0) is 13.1. The van der Waals surface area contributed by atoms with E-state index in [0.717, 1.165) is 17.5 Å². The van der Waals surface area contributed by atoms with Crippen LogP contribution in [0.2, 0.25) is 0 Å². The van der Waals surface area contributed by atoms with Gasteiger partial charge in [-0.15, -0.1) is 11.3 Å². The molecule has 1 aromatic heterocycles. The van der Waals surface area contributed by atoms with Gasteiger partial charge in [0, 0.05) is 28.4 Å². The van der Waals surface area contributed by atoms with E-state index >= 15 is 0 Å². The number of rotatable bonds is 4. The Kier molecular flexibility index (Phi) is 3.99. The van der Waals surface area contributed by atoms with Gasteiger partial charge < -0.3 is 10.6 Å². The number of hydrogen-bond acceptors (Lipinski definition) is 3. The number of thiophene rings is 1. The molecule has 1 amide bonds. The number of amides is 1. The maximum absolute atomic E-state index is 12.3. The van der Waals surface area contributed by atoms with Crippen LogP contribution >= 0.6 is 11.3 Å². The van der Waals surface area contributed by atoms with E-state index in [1.165, 1.54) is 4.70 Å². The van der Waals surface area contributed by atoms with E-state index in [9.17, 15) is 4.79 Å². The lowest BCUT2D eigenvalue weighted by atomic mass is 10.1. The first kappa shape index (κ1) is 13.1. The number of nitrogens with two attached hydrogens (primary N) is 1. The fourth-order valence-electron chi connectivity index (χ4n) is 2.05. The fourth-order valence-corrected chi connectivity index (χ4v) is 3.03. The number of carbonyl (C=O) groups excluding carboxylic acids is 1. The molecular weight excluding hydrogens is 244 g/mol. The summed E-state index contributed by atoms with van der Waals surface area (Å²) in [6, 6.07) is 8.14. The molecule has 0 fully saturated rings. The summed E-state index contributed by atoms with van der Waals surface area (Å²) in [5.74, 6) is 0.0997. The average molecular weight is 262 g/mol. The molecule has 1 atom stereocenters. The van der Waals surface area contributed by atoms with Crippen LogP contribution < -0.4 is 10.6 Å². The zero-order valence-electron chi connectivity index (χ0n) is 10.7. The summed E-state index contributed by atoms with van der Waals surface area (Å²) < 4.78 is 1.21. The lowest BCUT2D eigenvalue weighted by Crippen LogP contribution is -2.32. The first-order chi connectivity index (χ1) is 8.65. The minimum Gasteiger partial charge on any atom is -0.330 e. The highest BCUT2D eigenvalue weighted by atomic mass is 32.1. The summed E-state index contributed by atoms with van der Waals surface area (Å²) in [5, 5.41) is 3.18. The third-order valence-electron chi connectivity index (χ3n) is 3.17. The average Bonchev–Trinajstić information content (AvgIpc) is 2.81. The molecule has 0 aliphatic heterocycles. The molecule has 96 valence electrons. The highest BCUT2D eigenvalue weighted by Crippen LogP contribution is 2.32. The Morgan fingerprint density at radius 2 is 2.17 bits per heavy atom. The van der Waals surface area contributed by atoms with Crippen LogP contribution in [-0.4, -0.2) is 19.5 Å². The van der Waals surface area contributed by atoms with Crippen LogP contribution in [-0.2, 0) is 4.79 Å². The largest absolute Gasteiger partial charge is 0.330 e. The van der Waals surface area contributed by atoms with Gasteiger partial charge in [-0.2, -0.15) is 0 Å². The quantitative estimate of drug-likeness (QED) is 0.921. The number of carbonyl (C=O) groups is 1. The molecule has 0 aliphatic carbocycles. The van der Waals surface area contributed by atoms with Gasteiger partial charge in [0.15, 0.2) is 0 Å². The van der Waals surface area contributed by atoms with Crippen LogP contribution in [0.4, 0.5) is 5.69 Å². The third-order valence-corrected chi connectivity index (χ3v) is 4.12. The fraction of sp³-hybridized carbons (Fsp3) is 0.357. The molecule has 0 radical (unpaired) electrons. The van der Waals surface area contributed by atoms with Gasteiger partial charge in [0.2, 0.25) is 5.91 Å². The molecule has 2 N–H and O–H groups in total. The molecule has 1 aromatic carbocycles. The van der Waals surface area contributed by atoms with Gasteiger partial charge in [-0.1, -0.05) is 25.1 Å². The number of hydrogen-bond donors (Lipinski definition) is 1. The number of benzene rings is 1. The summed E-state index contributed by atoms with van der Waals surface area (Å²) in [6.07, 6.45) is 0.727. The second-order valence-electron chi connectivity index (χ2n) is 4.49.